The summed E-state index contributed by atoms with van der Waals surface area (Å²) in [5.74, 6) is 1.87. The molecule has 0 radical (unpaired) electrons. The molecule has 1 saturated heterocycles. The topological polar surface area (TPSA) is 52.4 Å². The molecule has 24 heavy (non-hydrogen) atoms. The van der Waals surface area contributed by atoms with Gasteiger partial charge in [0.1, 0.15) is 18.2 Å². The molecule has 1 fully saturated rings. The van der Waals surface area contributed by atoms with Crippen molar-refractivity contribution in [2.75, 3.05) is 33.4 Å². The molecule has 1 aliphatic rings. The van der Waals surface area contributed by atoms with Crippen LogP contribution in [0.15, 0.2) is 30.6 Å². The summed E-state index contributed by atoms with van der Waals surface area (Å²) in [7, 11) is 1.71. The maximum Gasteiger partial charge on any atom is 0.163 e. The Labute approximate surface area is 143 Å². The number of morpholine rings is 1. The van der Waals surface area contributed by atoms with Crippen LogP contribution in [0.3, 0.4) is 0 Å². The maximum absolute atomic E-state index is 5.91. The maximum atomic E-state index is 5.91. The van der Waals surface area contributed by atoms with Crippen LogP contribution in [0, 0.1) is 0 Å². The van der Waals surface area contributed by atoms with E-state index in [9.17, 15) is 0 Å². The van der Waals surface area contributed by atoms with E-state index < -0.39 is 0 Å². The van der Waals surface area contributed by atoms with Crippen LogP contribution in [0.1, 0.15) is 30.8 Å². The second-order valence-corrected chi connectivity index (χ2v) is 6.09. The van der Waals surface area contributed by atoms with Crippen LogP contribution >= 0.6 is 0 Å². The van der Waals surface area contributed by atoms with E-state index in [1.807, 2.05) is 6.07 Å². The molecule has 1 aliphatic heterocycles. The van der Waals surface area contributed by atoms with E-state index in [0.717, 1.165) is 57.2 Å². The number of aromatic nitrogens is 3. The molecule has 130 valence electrons. The highest BCUT2D eigenvalue weighted by Gasteiger charge is 2.25. The van der Waals surface area contributed by atoms with Gasteiger partial charge in [0, 0.05) is 19.6 Å². The van der Waals surface area contributed by atoms with Crippen LogP contribution in [0.5, 0.6) is 5.75 Å². The third kappa shape index (κ3) is 4.13. The van der Waals surface area contributed by atoms with E-state index in [-0.39, 0.29) is 6.10 Å². The Morgan fingerprint density at radius 1 is 1.38 bits per heavy atom. The Morgan fingerprint density at radius 2 is 2.29 bits per heavy atom. The fourth-order valence-corrected chi connectivity index (χ4v) is 3.15. The summed E-state index contributed by atoms with van der Waals surface area (Å²) in [5.41, 5.74) is 1.32. The van der Waals surface area contributed by atoms with Crippen LogP contribution in [0.2, 0.25) is 0 Å². The average Bonchev–Trinajstić information content (AvgIpc) is 3.11. The molecule has 1 aromatic carbocycles. The molecule has 6 nitrogen and oxygen atoms in total. The Kier molecular flexibility index (Phi) is 5.82. The Bertz CT molecular complexity index is 643. The van der Waals surface area contributed by atoms with Gasteiger partial charge in [-0.3, -0.25) is 4.90 Å². The highest BCUT2D eigenvalue weighted by molar-refractivity contribution is 5.28. The van der Waals surface area contributed by atoms with Crippen molar-refractivity contribution in [3.05, 3.63) is 42.0 Å². The second-order valence-electron chi connectivity index (χ2n) is 6.09. The third-order valence-corrected chi connectivity index (χ3v) is 4.50. The largest absolute Gasteiger partial charge is 0.497 e. The standard InChI is InChI=1S/C18H26N4O2/c1-3-22-14-19-20-18(22)17-13-21(10-11-24-17)9-5-7-15-6-4-8-16(12-15)23-2/h4,6,8,12,14,17H,3,5,7,9-11,13H2,1-2H3/t17-/m1/s1. The second kappa shape index (κ2) is 8.26. The molecule has 1 atom stereocenters. The number of hydrogen-bond donors (Lipinski definition) is 0. The van der Waals surface area contributed by atoms with Gasteiger partial charge in [-0.2, -0.15) is 0 Å². The molecule has 3 rings (SSSR count). The van der Waals surface area contributed by atoms with Crippen molar-refractivity contribution in [1.29, 1.82) is 0 Å². The van der Waals surface area contributed by atoms with E-state index in [0.29, 0.717) is 0 Å². The van der Waals surface area contributed by atoms with Crippen molar-refractivity contribution in [2.24, 2.45) is 0 Å². The first-order valence-electron chi connectivity index (χ1n) is 8.64. The van der Waals surface area contributed by atoms with Crippen molar-refractivity contribution in [1.82, 2.24) is 19.7 Å². The van der Waals surface area contributed by atoms with Crippen LogP contribution in [0.25, 0.3) is 0 Å². The molecule has 2 heterocycles. The minimum atomic E-state index is 0.0259. The zero-order chi connectivity index (χ0) is 16.8. The minimum absolute atomic E-state index is 0.0259. The SMILES string of the molecule is CCn1cnnc1[C@H]1CN(CCCc2cccc(OC)c2)CCO1. The highest BCUT2D eigenvalue weighted by Crippen LogP contribution is 2.21. The lowest BCUT2D eigenvalue weighted by Crippen LogP contribution is -2.39. The van der Waals surface area contributed by atoms with Crippen molar-refractivity contribution in [3.63, 3.8) is 0 Å². The Balaban J connectivity index is 1.50. The number of hydrogen-bond acceptors (Lipinski definition) is 5. The summed E-state index contributed by atoms with van der Waals surface area (Å²) in [5, 5.41) is 8.25. The molecule has 0 N–H and O–H groups in total. The molecular formula is C18H26N4O2. The van der Waals surface area contributed by atoms with Gasteiger partial charge in [0.25, 0.3) is 0 Å². The lowest BCUT2D eigenvalue weighted by Gasteiger charge is -2.32. The highest BCUT2D eigenvalue weighted by atomic mass is 16.5. The summed E-state index contributed by atoms with van der Waals surface area (Å²) in [6.07, 6.45) is 3.99. The zero-order valence-electron chi connectivity index (χ0n) is 14.5. The molecule has 0 saturated carbocycles. The third-order valence-electron chi connectivity index (χ3n) is 4.50. The summed E-state index contributed by atoms with van der Waals surface area (Å²) in [6.45, 7) is 6.66. The Hall–Kier alpha value is -1.92. The molecule has 0 bridgehead atoms. The first kappa shape index (κ1) is 16.9. The van der Waals surface area contributed by atoms with Crippen LogP contribution in [-0.4, -0.2) is 53.0 Å². The van der Waals surface area contributed by atoms with Gasteiger partial charge in [-0.1, -0.05) is 12.1 Å². The quantitative estimate of drug-likeness (QED) is 0.780. The Morgan fingerprint density at radius 3 is 3.12 bits per heavy atom. The average molecular weight is 330 g/mol. The molecule has 2 aromatic rings. The number of nitrogens with zero attached hydrogens (tertiary/aromatic N) is 4. The van der Waals surface area contributed by atoms with Crippen LogP contribution in [0.4, 0.5) is 0 Å². The number of ether oxygens (including phenoxy) is 2. The van der Waals surface area contributed by atoms with E-state index in [4.69, 9.17) is 9.47 Å². The predicted molar refractivity (Wildman–Crippen MR) is 92.1 cm³/mol. The smallest absolute Gasteiger partial charge is 0.163 e. The van der Waals surface area contributed by atoms with Crippen molar-refractivity contribution < 1.29 is 9.47 Å². The number of aryl methyl sites for hydroxylation is 2. The molecule has 0 aliphatic carbocycles. The van der Waals surface area contributed by atoms with E-state index in [1.165, 1.54) is 5.56 Å². The molecule has 1 aromatic heterocycles. The van der Waals surface area contributed by atoms with E-state index in [1.54, 1.807) is 13.4 Å². The zero-order valence-corrected chi connectivity index (χ0v) is 14.5. The van der Waals surface area contributed by atoms with Gasteiger partial charge < -0.3 is 14.0 Å². The molecule has 0 amide bonds. The monoisotopic (exact) mass is 330 g/mol. The number of rotatable bonds is 7. The molecule has 6 heteroatoms. The van der Waals surface area contributed by atoms with Crippen LogP contribution < -0.4 is 4.74 Å². The summed E-state index contributed by atoms with van der Waals surface area (Å²) in [4.78, 5) is 2.46. The fraction of sp³-hybridized carbons (Fsp3) is 0.556. The normalized spacial score (nSPS) is 18.7. The summed E-state index contributed by atoms with van der Waals surface area (Å²) >= 11 is 0. The van der Waals surface area contributed by atoms with Gasteiger partial charge in [-0.15, -0.1) is 10.2 Å². The van der Waals surface area contributed by atoms with Gasteiger partial charge in [0.05, 0.1) is 13.7 Å². The number of benzene rings is 1. The van der Waals surface area contributed by atoms with Gasteiger partial charge >= 0.3 is 0 Å². The first-order valence-corrected chi connectivity index (χ1v) is 8.64. The van der Waals surface area contributed by atoms with Crippen molar-refractivity contribution in [3.8, 4) is 5.75 Å². The van der Waals surface area contributed by atoms with Crippen molar-refractivity contribution >= 4 is 0 Å². The molecular weight excluding hydrogens is 304 g/mol. The van der Waals surface area contributed by atoms with Gasteiger partial charge in [-0.25, -0.2) is 0 Å². The van der Waals surface area contributed by atoms with Crippen molar-refractivity contribution in [2.45, 2.75) is 32.4 Å². The van der Waals surface area contributed by atoms with Crippen LogP contribution in [-0.2, 0) is 17.7 Å². The summed E-state index contributed by atoms with van der Waals surface area (Å²) in [6, 6.07) is 8.32. The lowest BCUT2D eigenvalue weighted by molar-refractivity contribution is -0.0362. The minimum Gasteiger partial charge on any atom is -0.497 e. The predicted octanol–water partition coefficient (Wildman–Crippen LogP) is 2.31. The first-order chi connectivity index (χ1) is 11.8. The molecule has 0 spiro atoms. The molecule has 0 unspecified atom stereocenters. The van der Waals surface area contributed by atoms with Gasteiger partial charge in [-0.05, 0) is 44.0 Å². The number of methoxy groups -OCH3 is 1. The fourth-order valence-electron chi connectivity index (χ4n) is 3.15. The van der Waals surface area contributed by atoms with Gasteiger partial charge in [0.15, 0.2) is 5.82 Å². The lowest BCUT2D eigenvalue weighted by atomic mass is 10.1. The van der Waals surface area contributed by atoms with E-state index >= 15 is 0 Å². The summed E-state index contributed by atoms with van der Waals surface area (Å²) < 4.78 is 13.3. The van der Waals surface area contributed by atoms with Gasteiger partial charge in [0.2, 0.25) is 0 Å². The van der Waals surface area contributed by atoms with E-state index in [2.05, 4.69) is 44.8 Å².